The molecule has 1 saturated heterocycles. The van der Waals surface area contributed by atoms with Gasteiger partial charge in [0.15, 0.2) is 0 Å². The predicted octanol–water partition coefficient (Wildman–Crippen LogP) is 4.10. The molecule has 0 N–H and O–H groups in total. The number of hydrogen-bond donors (Lipinski definition) is 0. The summed E-state index contributed by atoms with van der Waals surface area (Å²) in [5.74, 6) is 0.116. The number of anilines is 1. The van der Waals surface area contributed by atoms with Gasteiger partial charge in [-0.05, 0) is 55.0 Å². The smallest absolute Gasteiger partial charge is 0.231 e. The van der Waals surface area contributed by atoms with Gasteiger partial charge in [0.05, 0.1) is 12.3 Å². The molecule has 146 valence electrons. The van der Waals surface area contributed by atoms with Crippen molar-refractivity contribution in [2.75, 3.05) is 24.5 Å². The lowest BCUT2D eigenvalue weighted by atomic mass is 9.93. The van der Waals surface area contributed by atoms with E-state index in [1.165, 1.54) is 0 Å². The molecular formula is C23H25ClN2O2. The van der Waals surface area contributed by atoms with Crippen molar-refractivity contribution in [1.82, 2.24) is 4.90 Å². The van der Waals surface area contributed by atoms with Crippen molar-refractivity contribution in [2.45, 2.75) is 32.1 Å². The lowest BCUT2D eigenvalue weighted by molar-refractivity contribution is -0.134. The zero-order chi connectivity index (χ0) is 19.5. The number of piperidine rings is 1. The number of hydrogen-bond acceptors (Lipinski definition) is 2. The van der Waals surface area contributed by atoms with E-state index in [4.69, 9.17) is 11.6 Å². The molecular weight excluding hydrogens is 372 g/mol. The van der Waals surface area contributed by atoms with Crippen LogP contribution in [0.5, 0.6) is 0 Å². The van der Waals surface area contributed by atoms with Gasteiger partial charge in [-0.25, -0.2) is 0 Å². The van der Waals surface area contributed by atoms with Crippen LogP contribution in [0.2, 0.25) is 5.02 Å². The fraction of sp³-hybridized carbons (Fsp3) is 0.391. The van der Waals surface area contributed by atoms with Crippen LogP contribution in [-0.4, -0.2) is 36.3 Å². The number of amides is 2. The monoisotopic (exact) mass is 396 g/mol. The highest BCUT2D eigenvalue weighted by molar-refractivity contribution is 6.30. The second-order valence-electron chi connectivity index (χ2n) is 7.71. The summed E-state index contributed by atoms with van der Waals surface area (Å²) in [6, 6.07) is 15.6. The van der Waals surface area contributed by atoms with Crippen molar-refractivity contribution in [3.63, 3.8) is 0 Å². The molecule has 2 heterocycles. The number of halogens is 1. The minimum atomic E-state index is -0.130. The molecule has 5 heteroatoms. The highest BCUT2D eigenvalue weighted by Crippen LogP contribution is 2.32. The number of carbonyl (C=O) groups is 2. The van der Waals surface area contributed by atoms with Gasteiger partial charge < -0.3 is 9.80 Å². The molecule has 0 spiro atoms. The summed E-state index contributed by atoms with van der Waals surface area (Å²) in [6.07, 6.45) is 4.01. The highest BCUT2D eigenvalue weighted by atomic mass is 35.5. The van der Waals surface area contributed by atoms with Crippen LogP contribution in [0.15, 0.2) is 48.5 Å². The van der Waals surface area contributed by atoms with E-state index in [1.807, 2.05) is 58.3 Å². The van der Waals surface area contributed by atoms with Gasteiger partial charge in [-0.2, -0.15) is 0 Å². The lowest BCUT2D eigenvalue weighted by Gasteiger charge is -2.37. The van der Waals surface area contributed by atoms with Crippen molar-refractivity contribution < 1.29 is 9.59 Å². The molecule has 28 heavy (non-hydrogen) atoms. The van der Waals surface area contributed by atoms with Crippen molar-refractivity contribution in [3.8, 4) is 0 Å². The van der Waals surface area contributed by atoms with Crippen molar-refractivity contribution in [3.05, 3.63) is 64.7 Å². The van der Waals surface area contributed by atoms with Crippen LogP contribution in [0.4, 0.5) is 5.69 Å². The van der Waals surface area contributed by atoms with Crippen LogP contribution in [-0.2, 0) is 22.4 Å². The fourth-order valence-electron chi connectivity index (χ4n) is 4.30. The van der Waals surface area contributed by atoms with Gasteiger partial charge in [0.2, 0.25) is 11.8 Å². The molecule has 0 aromatic heterocycles. The zero-order valence-corrected chi connectivity index (χ0v) is 16.7. The van der Waals surface area contributed by atoms with Crippen LogP contribution in [0, 0.1) is 5.92 Å². The average molecular weight is 397 g/mol. The third-order valence-electron chi connectivity index (χ3n) is 5.75. The summed E-state index contributed by atoms with van der Waals surface area (Å²) in [5, 5.41) is 0.711. The van der Waals surface area contributed by atoms with Gasteiger partial charge in [-0.3, -0.25) is 9.59 Å². The Balaban J connectivity index is 1.45. The molecule has 1 atom stereocenters. The van der Waals surface area contributed by atoms with Crippen LogP contribution in [0.25, 0.3) is 0 Å². The summed E-state index contributed by atoms with van der Waals surface area (Å²) < 4.78 is 0. The molecule has 0 saturated carbocycles. The summed E-state index contributed by atoms with van der Waals surface area (Å²) in [4.78, 5) is 29.8. The first kappa shape index (κ1) is 19.0. The standard InChI is InChI=1S/C23H25ClN2O2/c24-20-10-11-21-18(15-20)8-5-13-26(21)23(28)19-9-4-12-25(16-19)22(27)14-17-6-2-1-3-7-17/h1-3,6-7,10-11,15,19H,4-5,8-9,12-14,16H2. The molecule has 2 amide bonds. The first-order valence-electron chi connectivity index (χ1n) is 10.0. The Labute approximate surface area is 171 Å². The normalized spacial score (nSPS) is 19.2. The third kappa shape index (κ3) is 4.07. The fourth-order valence-corrected chi connectivity index (χ4v) is 4.50. The molecule has 2 aromatic rings. The Morgan fingerprint density at radius 1 is 1.04 bits per heavy atom. The Kier molecular flexibility index (Phi) is 5.67. The van der Waals surface area contributed by atoms with E-state index in [0.717, 1.165) is 55.6 Å². The van der Waals surface area contributed by atoms with E-state index in [-0.39, 0.29) is 17.7 Å². The molecule has 4 nitrogen and oxygen atoms in total. The van der Waals surface area contributed by atoms with Gasteiger partial charge in [0.25, 0.3) is 0 Å². The Bertz CT molecular complexity index is 868. The number of rotatable bonds is 3. The SMILES string of the molecule is O=C(Cc1ccccc1)N1CCCC(C(=O)N2CCCc3cc(Cl)ccc32)C1. The van der Waals surface area contributed by atoms with E-state index in [9.17, 15) is 9.59 Å². The van der Waals surface area contributed by atoms with Crippen molar-refractivity contribution >= 4 is 29.1 Å². The van der Waals surface area contributed by atoms with Gasteiger partial charge in [-0.15, -0.1) is 0 Å². The van der Waals surface area contributed by atoms with Crippen LogP contribution >= 0.6 is 11.6 Å². The Hall–Kier alpha value is -2.33. The summed E-state index contributed by atoms with van der Waals surface area (Å²) in [5.41, 5.74) is 3.14. The molecule has 0 bridgehead atoms. The van der Waals surface area contributed by atoms with Gasteiger partial charge in [0.1, 0.15) is 0 Å². The van der Waals surface area contributed by atoms with Crippen LogP contribution < -0.4 is 4.90 Å². The minimum Gasteiger partial charge on any atom is -0.342 e. The van der Waals surface area contributed by atoms with Crippen molar-refractivity contribution in [1.29, 1.82) is 0 Å². The van der Waals surface area contributed by atoms with E-state index < -0.39 is 0 Å². The first-order valence-corrected chi connectivity index (χ1v) is 10.4. The molecule has 2 aliphatic rings. The van der Waals surface area contributed by atoms with Crippen LogP contribution in [0.1, 0.15) is 30.4 Å². The summed E-state index contributed by atoms with van der Waals surface area (Å²) in [7, 11) is 0. The minimum absolute atomic E-state index is 0.106. The van der Waals surface area contributed by atoms with E-state index in [0.29, 0.717) is 18.0 Å². The van der Waals surface area contributed by atoms with Crippen molar-refractivity contribution in [2.24, 2.45) is 5.92 Å². The molecule has 4 rings (SSSR count). The third-order valence-corrected chi connectivity index (χ3v) is 5.98. The molecule has 0 radical (unpaired) electrons. The molecule has 1 unspecified atom stereocenters. The first-order chi connectivity index (χ1) is 13.6. The predicted molar refractivity (Wildman–Crippen MR) is 112 cm³/mol. The Morgan fingerprint density at radius 2 is 1.86 bits per heavy atom. The van der Waals surface area contributed by atoms with Crippen LogP contribution in [0.3, 0.4) is 0 Å². The number of likely N-dealkylation sites (tertiary alicyclic amines) is 1. The maximum atomic E-state index is 13.3. The molecule has 2 aromatic carbocycles. The molecule has 2 aliphatic heterocycles. The molecule has 1 fully saturated rings. The largest absolute Gasteiger partial charge is 0.342 e. The maximum Gasteiger partial charge on any atom is 0.231 e. The quantitative estimate of drug-likeness (QED) is 0.783. The van der Waals surface area contributed by atoms with Gasteiger partial charge in [-0.1, -0.05) is 41.9 Å². The second kappa shape index (κ2) is 8.36. The van der Waals surface area contributed by atoms with E-state index >= 15 is 0 Å². The zero-order valence-electron chi connectivity index (χ0n) is 15.9. The highest BCUT2D eigenvalue weighted by Gasteiger charge is 2.33. The number of nitrogens with zero attached hydrogens (tertiary/aromatic N) is 2. The topological polar surface area (TPSA) is 40.6 Å². The summed E-state index contributed by atoms with van der Waals surface area (Å²) >= 11 is 6.13. The number of aryl methyl sites for hydroxylation is 1. The maximum absolute atomic E-state index is 13.3. The van der Waals surface area contributed by atoms with E-state index in [1.54, 1.807) is 0 Å². The average Bonchev–Trinajstić information content (AvgIpc) is 2.73. The number of carbonyl (C=O) groups excluding carboxylic acids is 2. The number of fused-ring (bicyclic) bond motifs is 1. The summed E-state index contributed by atoms with van der Waals surface area (Å²) in [6.45, 7) is 1.99. The lowest BCUT2D eigenvalue weighted by Crippen LogP contribution is -2.48. The number of benzene rings is 2. The molecule has 0 aliphatic carbocycles. The van der Waals surface area contributed by atoms with Gasteiger partial charge in [0, 0.05) is 30.3 Å². The second-order valence-corrected chi connectivity index (χ2v) is 8.14. The van der Waals surface area contributed by atoms with E-state index in [2.05, 4.69) is 0 Å². The Morgan fingerprint density at radius 3 is 2.68 bits per heavy atom. The van der Waals surface area contributed by atoms with Gasteiger partial charge >= 0.3 is 0 Å².